The second-order valence-electron chi connectivity index (χ2n) is 7.48. The van der Waals surface area contributed by atoms with E-state index in [9.17, 15) is 9.18 Å². The molecule has 0 bridgehead atoms. The summed E-state index contributed by atoms with van der Waals surface area (Å²) in [6.45, 7) is 4.67. The van der Waals surface area contributed by atoms with Crippen molar-refractivity contribution < 1.29 is 9.18 Å². The molecule has 3 heterocycles. The van der Waals surface area contributed by atoms with Crippen molar-refractivity contribution >= 4 is 11.7 Å². The quantitative estimate of drug-likeness (QED) is 0.825. The lowest BCUT2D eigenvalue weighted by molar-refractivity contribution is 0.0792. The SMILES string of the molecule is CC1CCCCN1c1nc(-c2ccc(F)cc2)ncc1C(=O)N1CCCC1. The van der Waals surface area contributed by atoms with Gasteiger partial charge in [0.05, 0.1) is 0 Å². The minimum Gasteiger partial charge on any atom is -0.353 e. The van der Waals surface area contributed by atoms with Gasteiger partial charge in [0, 0.05) is 37.4 Å². The fourth-order valence-corrected chi connectivity index (χ4v) is 3.98. The maximum absolute atomic E-state index is 13.3. The maximum atomic E-state index is 13.3. The van der Waals surface area contributed by atoms with Crippen molar-refractivity contribution in [3.05, 3.63) is 41.8 Å². The van der Waals surface area contributed by atoms with Crippen LogP contribution in [0.15, 0.2) is 30.5 Å². The van der Waals surface area contributed by atoms with Crippen LogP contribution in [0.1, 0.15) is 49.4 Å². The molecule has 2 aliphatic rings. The van der Waals surface area contributed by atoms with Gasteiger partial charge in [0.1, 0.15) is 17.2 Å². The van der Waals surface area contributed by atoms with E-state index in [0.717, 1.165) is 50.9 Å². The van der Waals surface area contributed by atoms with E-state index in [1.165, 1.54) is 18.6 Å². The zero-order valence-corrected chi connectivity index (χ0v) is 15.7. The molecule has 4 rings (SSSR count). The lowest BCUT2D eigenvalue weighted by atomic mass is 10.0. The second-order valence-corrected chi connectivity index (χ2v) is 7.48. The van der Waals surface area contributed by atoms with Gasteiger partial charge in [-0.1, -0.05) is 0 Å². The zero-order chi connectivity index (χ0) is 18.8. The number of aromatic nitrogens is 2. The largest absolute Gasteiger partial charge is 0.353 e. The Morgan fingerprint density at radius 3 is 2.48 bits per heavy atom. The van der Waals surface area contributed by atoms with E-state index in [1.807, 2.05) is 4.90 Å². The Bertz CT molecular complexity index is 817. The molecule has 0 saturated carbocycles. The summed E-state index contributed by atoms with van der Waals surface area (Å²) < 4.78 is 13.3. The van der Waals surface area contributed by atoms with Crippen molar-refractivity contribution in [2.24, 2.45) is 0 Å². The Morgan fingerprint density at radius 2 is 1.78 bits per heavy atom. The molecule has 1 aromatic heterocycles. The molecule has 2 saturated heterocycles. The van der Waals surface area contributed by atoms with E-state index in [1.54, 1.807) is 18.3 Å². The summed E-state index contributed by atoms with van der Waals surface area (Å²) in [4.78, 5) is 26.4. The van der Waals surface area contributed by atoms with Gasteiger partial charge < -0.3 is 9.80 Å². The van der Waals surface area contributed by atoms with E-state index < -0.39 is 0 Å². The fraction of sp³-hybridized carbons (Fsp3) is 0.476. The second kappa shape index (κ2) is 7.62. The number of rotatable bonds is 3. The first-order chi connectivity index (χ1) is 13.1. The monoisotopic (exact) mass is 368 g/mol. The Morgan fingerprint density at radius 1 is 1.07 bits per heavy atom. The summed E-state index contributed by atoms with van der Waals surface area (Å²) in [5, 5.41) is 0. The first kappa shape index (κ1) is 17.9. The third-order valence-electron chi connectivity index (χ3n) is 5.57. The van der Waals surface area contributed by atoms with Gasteiger partial charge in [-0.25, -0.2) is 14.4 Å². The Balaban J connectivity index is 1.75. The molecule has 1 unspecified atom stereocenters. The molecule has 142 valence electrons. The topological polar surface area (TPSA) is 49.3 Å². The standard InChI is InChI=1S/C21H25FN4O/c1-15-6-2-3-13-26(15)20-18(21(27)25-11-4-5-12-25)14-23-19(24-20)16-7-9-17(22)10-8-16/h7-10,14-15H,2-6,11-13H2,1H3. The van der Waals surface area contributed by atoms with Crippen molar-refractivity contribution in [2.75, 3.05) is 24.5 Å². The average molecular weight is 368 g/mol. The lowest BCUT2D eigenvalue weighted by Crippen LogP contribution is -2.40. The molecule has 1 aromatic carbocycles. The summed E-state index contributed by atoms with van der Waals surface area (Å²) in [5.74, 6) is 0.976. The molecule has 2 fully saturated rings. The summed E-state index contributed by atoms with van der Waals surface area (Å²) in [5.41, 5.74) is 1.33. The first-order valence-corrected chi connectivity index (χ1v) is 9.82. The van der Waals surface area contributed by atoms with Crippen LogP contribution in [0.2, 0.25) is 0 Å². The lowest BCUT2D eigenvalue weighted by Gasteiger charge is -2.35. The highest BCUT2D eigenvalue weighted by molar-refractivity contribution is 5.99. The van der Waals surface area contributed by atoms with E-state index in [4.69, 9.17) is 4.98 Å². The zero-order valence-electron chi connectivity index (χ0n) is 15.7. The predicted molar refractivity (Wildman–Crippen MR) is 103 cm³/mol. The van der Waals surface area contributed by atoms with Gasteiger partial charge in [-0.2, -0.15) is 0 Å². The molecule has 0 spiro atoms. The van der Waals surface area contributed by atoms with E-state index in [-0.39, 0.29) is 11.7 Å². The molecule has 5 nitrogen and oxygen atoms in total. The van der Waals surface area contributed by atoms with Crippen LogP contribution in [0.3, 0.4) is 0 Å². The molecule has 1 amide bonds. The van der Waals surface area contributed by atoms with Crippen LogP contribution in [0.5, 0.6) is 0 Å². The highest BCUT2D eigenvalue weighted by atomic mass is 19.1. The van der Waals surface area contributed by atoms with Crippen LogP contribution >= 0.6 is 0 Å². The minimum atomic E-state index is -0.288. The van der Waals surface area contributed by atoms with Crippen molar-refractivity contribution in [3.8, 4) is 11.4 Å². The molecule has 27 heavy (non-hydrogen) atoms. The van der Waals surface area contributed by atoms with Crippen LogP contribution in [0.25, 0.3) is 11.4 Å². The number of likely N-dealkylation sites (tertiary alicyclic amines) is 1. The Kier molecular flexibility index (Phi) is 5.05. The van der Waals surface area contributed by atoms with Gasteiger partial charge in [0.25, 0.3) is 5.91 Å². The summed E-state index contributed by atoms with van der Waals surface area (Å²) in [6.07, 6.45) is 7.14. The number of carbonyl (C=O) groups is 1. The van der Waals surface area contributed by atoms with Gasteiger partial charge in [0.2, 0.25) is 0 Å². The highest BCUT2D eigenvalue weighted by Crippen LogP contribution is 2.29. The Hall–Kier alpha value is -2.50. The van der Waals surface area contributed by atoms with Crippen LogP contribution in [0.4, 0.5) is 10.2 Å². The number of piperidine rings is 1. The number of amides is 1. The summed E-state index contributed by atoms with van der Waals surface area (Å²) in [7, 11) is 0. The molecule has 1 atom stereocenters. The summed E-state index contributed by atoms with van der Waals surface area (Å²) >= 11 is 0. The van der Waals surface area contributed by atoms with Gasteiger partial charge in [-0.15, -0.1) is 0 Å². The van der Waals surface area contributed by atoms with Gasteiger partial charge in [0.15, 0.2) is 5.82 Å². The number of anilines is 1. The molecular formula is C21H25FN4O. The number of hydrogen-bond donors (Lipinski definition) is 0. The molecule has 2 aliphatic heterocycles. The van der Waals surface area contributed by atoms with E-state index >= 15 is 0 Å². The van der Waals surface area contributed by atoms with Crippen LogP contribution in [-0.4, -0.2) is 46.5 Å². The van der Waals surface area contributed by atoms with E-state index in [2.05, 4.69) is 16.8 Å². The van der Waals surface area contributed by atoms with Gasteiger partial charge in [-0.05, 0) is 63.3 Å². The van der Waals surface area contributed by atoms with Gasteiger partial charge in [-0.3, -0.25) is 4.79 Å². The van der Waals surface area contributed by atoms with E-state index in [0.29, 0.717) is 23.2 Å². The number of hydrogen-bond acceptors (Lipinski definition) is 4. The summed E-state index contributed by atoms with van der Waals surface area (Å²) in [6, 6.07) is 6.50. The maximum Gasteiger partial charge on any atom is 0.259 e. The molecule has 2 aromatic rings. The number of nitrogens with zero attached hydrogens (tertiary/aromatic N) is 4. The molecule has 0 N–H and O–H groups in total. The number of carbonyl (C=O) groups excluding carboxylic acids is 1. The Labute approximate surface area is 159 Å². The number of halogens is 1. The van der Waals surface area contributed by atoms with Gasteiger partial charge >= 0.3 is 0 Å². The molecule has 6 heteroatoms. The molecule has 0 radical (unpaired) electrons. The van der Waals surface area contributed by atoms with Crippen molar-refractivity contribution in [1.82, 2.24) is 14.9 Å². The average Bonchev–Trinajstić information content (AvgIpc) is 3.23. The molecular weight excluding hydrogens is 343 g/mol. The third kappa shape index (κ3) is 3.66. The fourth-order valence-electron chi connectivity index (χ4n) is 3.98. The third-order valence-corrected chi connectivity index (χ3v) is 5.57. The number of benzene rings is 1. The highest BCUT2D eigenvalue weighted by Gasteiger charge is 2.29. The molecule has 0 aliphatic carbocycles. The minimum absolute atomic E-state index is 0.0194. The van der Waals surface area contributed by atoms with Crippen molar-refractivity contribution in [1.29, 1.82) is 0 Å². The van der Waals surface area contributed by atoms with Crippen molar-refractivity contribution in [3.63, 3.8) is 0 Å². The predicted octanol–water partition coefficient (Wildman–Crippen LogP) is 3.90. The first-order valence-electron chi connectivity index (χ1n) is 9.82. The normalized spacial score (nSPS) is 20.1. The van der Waals surface area contributed by atoms with Crippen LogP contribution in [-0.2, 0) is 0 Å². The van der Waals surface area contributed by atoms with Crippen LogP contribution in [0, 0.1) is 5.82 Å². The van der Waals surface area contributed by atoms with Crippen molar-refractivity contribution in [2.45, 2.75) is 45.1 Å². The smallest absolute Gasteiger partial charge is 0.259 e. The van der Waals surface area contributed by atoms with Crippen LogP contribution < -0.4 is 4.90 Å².